The molecule has 43 heavy (non-hydrogen) atoms. The van der Waals surface area contributed by atoms with Gasteiger partial charge in [-0.3, -0.25) is 24.3 Å². The molecule has 10 nitrogen and oxygen atoms in total. The Morgan fingerprint density at radius 2 is 1.67 bits per heavy atom. The standard InChI is InChI=1S/C32H41N5O5S/c1-2-3-4-5-6-7-21-36-31(39)24-37(32(36)40)28-14-16-29(17-15-28)43(41,42)35-27-12-10-25(11-13-27)18-20-34-23-30(38)26-9-8-19-33-22-26/h8-17,19,22,30,34-35,38H,2-7,18,20-21,23-24H2,1H3. The minimum absolute atomic E-state index is 0.0496. The molecule has 0 bridgehead atoms. The third-order valence-corrected chi connectivity index (χ3v) is 8.85. The van der Waals surface area contributed by atoms with E-state index in [0.717, 1.165) is 30.4 Å². The first-order valence-corrected chi connectivity index (χ1v) is 16.4. The number of imide groups is 1. The summed E-state index contributed by atoms with van der Waals surface area (Å²) in [6.45, 7) is 3.57. The summed E-state index contributed by atoms with van der Waals surface area (Å²) < 4.78 is 28.6. The van der Waals surface area contributed by atoms with E-state index in [0.29, 0.717) is 37.4 Å². The Bertz CT molecular complexity index is 1430. The molecule has 1 unspecified atom stereocenters. The van der Waals surface area contributed by atoms with E-state index < -0.39 is 16.1 Å². The van der Waals surface area contributed by atoms with Crippen LogP contribution in [0.15, 0.2) is 78.0 Å². The monoisotopic (exact) mass is 607 g/mol. The fourth-order valence-corrected chi connectivity index (χ4v) is 5.99. The molecule has 4 rings (SSSR count). The summed E-state index contributed by atoms with van der Waals surface area (Å²) in [5, 5.41) is 13.4. The molecule has 0 aliphatic carbocycles. The number of nitrogens with zero attached hydrogens (tertiary/aromatic N) is 3. The quantitative estimate of drug-likeness (QED) is 0.147. The van der Waals surface area contributed by atoms with Crippen molar-refractivity contribution >= 4 is 33.3 Å². The van der Waals surface area contributed by atoms with Gasteiger partial charge < -0.3 is 10.4 Å². The van der Waals surface area contributed by atoms with E-state index in [-0.39, 0.29) is 23.4 Å². The molecule has 1 aliphatic rings. The van der Waals surface area contributed by atoms with Crippen molar-refractivity contribution < 1.29 is 23.1 Å². The SMILES string of the molecule is CCCCCCCCN1C(=O)CN(c2ccc(S(=O)(=O)Nc3ccc(CCNCC(O)c4cccnc4)cc3)cc2)C1=O. The second-order valence-corrected chi connectivity index (χ2v) is 12.4. The number of amides is 3. The van der Waals surface area contributed by atoms with Gasteiger partial charge in [0.1, 0.15) is 6.54 Å². The predicted molar refractivity (Wildman–Crippen MR) is 167 cm³/mol. The summed E-state index contributed by atoms with van der Waals surface area (Å²) in [6, 6.07) is 16.3. The lowest BCUT2D eigenvalue weighted by Crippen LogP contribution is -2.33. The zero-order chi connectivity index (χ0) is 30.7. The van der Waals surface area contributed by atoms with Crippen molar-refractivity contribution in [1.29, 1.82) is 0 Å². The maximum atomic E-state index is 13.0. The molecule has 2 heterocycles. The van der Waals surface area contributed by atoms with Crippen molar-refractivity contribution in [1.82, 2.24) is 15.2 Å². The lowest BCUT2D eigenvalue weighted by atomic mass is 10.1. The number of aliphatic hydroxyl groups is 1. The molecule has 11 heteroatoms. The van der Waals surface area contributed by atoms with E-state index in [1.165, 1.54) is 41.2 Å². The molecule has 3 amide bonds. The van der Waals surface area contributed by atoms with Gasteiger partial charge in [-0.05, 0) is 67.4 Å². The highest BCUT2D eigenvalue weighted by Crippen LogP contribution is 2.25. The van der Waals surface area contributed by atoms with Crippen molar-refractivity contribution in [3.05, 3.63) is 84.2 Å². The van der Waals surface area contributed by atoms with Gasteiger partial charge in [0.05, 0.1) is 11.0 Å². The Morgan fingerprint density at radius 3 is 2.37 bits per heavy atom. The van der Waals surface area contributed by atoms with Crippen molar-refractivity contribution in [2.24, 2.45) is 0 Å². The zero-order valence-electron chi connectivity index (χ0n) is 24.6. The number of carbonyl (C=O) groups is 2. The van der Waals surface area contributed by atoms with Gasteiger partial charge in [0, 0.05) is 42.4 Å². The molecule has 1 aromatic heterocycles. The van der Waals surface area contributed by atoms with E-state index >= 15 is 0 Å². The minimum atomic E-state index is -3.86. The van der Waals surface area contributed by atoms with Gasteiger partial charge >= 0.3 is 6.03 Å². The van der Waals surface area contributed by atoms with Crippen molar-refractivity contribution in [3.8, 4) is 0 Å². The topological polar surface area (TPSA) is 132 Å². The molecule has 0 spiro atoms. The number of aliphatic hydroxyl groups excluding tert-OH is 1. The van der Waals surface area contributed by atoms with Crippen LogP contribution in [0.2, 0.25) is 0 Å². The van der Waals surface area contributed by atoms with Crippen LogP contribution in [-0.4, -0.2) is 61.5 Å². The first-order chi connectivity index (χ1) is 20.8. The highest BCUT2D eigenvalue weighted by atomic mass is 32.2. The van der Waals surface area contributed by atoms with Crippen LogP contribution in [-0.2, 0) is 21.2 Å². The Hall–Kier alpha value is -3.80. The Balaban J connectivity index is 1.25. The number of anilines is 2. The molecule has 1 saturated heterocycles. The molecule has 3 N–H and O–H groups in total. The smallest absolute Gasteiger partial charge is 0.331 e. The van der Waals surface area contributed by atoms with Crippen molar-refractivity contribution in [2.45, 2.75) is 62.9 Å². The average Bonchev–Trinajstić information content (AvgIpc) is 3.30. The number of nitrogens with one attached hydrogen (secondary N) is 2. The minimum Gasteiger partial charge on any atom is -0.387 e. The normalized spacial score (nSPS) is 14.4. The largest absolute Gasteiger partial charge is 0.387 e. The molecule has 0 saturated carbocycles. The number of rotatable bonds is 17. The zero-order valence-corrected chi connectivity index (χ0v) is 25.4. The number of benzene rings is 2. The highest BCUT2D eigenvalue weighted by Gasteiger charge is 2.36. The van der Waals surface area contributed by atoms with Gasteiger partial charge in [0.25, 0.3) is 15.9 Å². The van der Waals surface area contributed by atoms with Crippen LogP contribution < -0.4 is 14.9 Å². The Labute approximate surface area is 254 Å². The van der Waals surface area contributed by atoms with Crippen LogP contribution in [0.25, 0.3) is 0 Å². The number of sulfonamides is 1. The number of pyridine rings is 1. The third-order valence-electron chi connectivity index (χ3n) is 7.45. The maximum Gasteiger partial charge on any atom is 0.331 e. The van der Waals surface area contributed by atoms with Gasteiger partial charge in [-0.2, -0.15) is 0 Å². The Kier molecular flexibility index (Phi) is 11.7. The molecular formula is C32H41N5O5S. The second kappa shape index (κ2) is 15.6. The lowest BCUT2D eigenvalue weighted by Gasteiger charge is -2.17. The summed E-state index contributed by atoms with van der Waals surface area (Å²) in [7, 11) is -3.86. The third kappa shape index (κ3) is 9.09. The molecule has 2 aromatic carbocycles. The predicted octanol–water partition coefficient (Wildman–Crippen LogP) is 4.88. The summed E-state index contributed by atoms with van der Waals surface area (Å²) in [5.74, 6) is -0.238. The van der Waals surface area contributed by atoms with E-state index in [2.05, 4.69) is 21.9 Å². The van der Waals surface area contributed by atoms with Crippen LogP contribution in [0.3, 0.4) is 0 Å². The van der Waals surface area contributed by atoms with Crippen molar-refractivity contribution in [2.75, 3.05) is 35.8 Å². The molecule has 1 atom stereocenters. The van der Waals surface area contributed by atoms with E-state index in [4.69, 9.17) is 0 Å². The van der Waals surface area contributed by atoms with Crippen molar-refractivity contribution in [3.63, 3.8) is 0 Å². The number of hydrogen-bond donors (Lipinski definition) is 3. The second-order valence-electron chi connectivity index (χ2n) is 10.7. The van der Waals surface area contributed by atoms with Gasteiger partial charge in [-0.1, -0.05) is 57.2 Å². The first kappa shape index (κ1) is 32.1. The first-order valence-electron chi connectivity index (χ1n) is 14.9. The molecular weight excluding hydrogens is 566 g/mol. The van der Waals surface area contributed by atoms with Gasteiger partial charge in [0.2, 0.25) is 0 Å². The Morgan fingerprint density at radius 1 is 0.953 bits per heavy atom. The van der Waals surface area contributed by atoms with Crippen LogP contribution >= 0.6 is 0 Å². The molecule has 3 aromatic rings. The summed E-state index contributed by atoms with van der Waals surface area (Å²) >= 11 is 0. The molecule has 1 fully saturated rings. The molecule has 0 radical (unpaired) electrons. The number of unbranched alkanes of at least 4 members (excludes halogenated alkanes) is 5. The number of urea groups is 1. The summed E-state index contributed by atoms with van der Waals surface area (Å²) in [6.07, 6.45) is 9.77. The summed E-state index contributed by atoms with van der Waals surface area (Å²) in [4.78, 5) is 32.1. The average molecular weight is 608 g/mol. The fraction of sp³-hybridized carbons (Fsp3) is 0.406. The van der Waals surface area contributed by atoms with Crippen LogP contribution in [0, 0.1) is 0 Å². The lowest BCUT2D eigenvalue weighted by molar-refractivity contribution is -0.124. The van der Waals surface area contributed by atoms with E-state index in [1.807, 2.05) is 18.2 Å². The van der Waals surface area contributed by atoms with E-state index in [9.17, 15) is 23.1 Å². The van der Waals surface area contributed by atoms with E-state index in [1.54, 1.807) is 42.7 Å². The number of hydrogen-bond acceptors (Lipinski definition) is 7. The van der Waals surface area contributed by atoms with Crippen LogP contribution in [0.5, 0.6) is 0 Å². The fourth-order valence-electron chi connectivity index (χ4n) is 4.93. The van der Waals surface area contributed by atoms with Crippen LogP contribution in [0.1, 0.15) is 62.7 Å². The highest BCUT2D eigenvalue weighted by molar-refractivity contribution is 7.92. The summed E-state index contributed by atoms with van der Waals surface area (Å²) in [5.41, 5.74) is 2.68. The molecule has 230 valence electrons. The number of carbonyl (C=O) groups excluding carboxylic acids is 2. The molecule has 1 aliphatic heterocycles. The van der Waals surface area contributed by atoms with Gasteiger partial charge in [-0.25, -0.2) is 13.2 Å². The van der Waals surface area contributed by atoms with Gasteiger partial charge in [-0.15, -0.1) is 0 Å². The number of aromatic nitrogens is 1. The maximum absolute atomic E-state index is 13.0. The van der Waals surface area contributed by atoms with Crippen LogP contribution in [0.4, 0.5) is 16.2 Å². The van der Waals surface area contributed by atoms with Gasteiger partial charge in [0.15, 0.2) is 0 Å².